The molecular weight excluding hydrogens is 396 g/mol. The number of rotatable bonds is 10. The third-order valence-electron chi connectivity index (χ3n) is 4.18. The molecule has 0 spiro atoms. The Morgan fingerprint density at radius 2 is 1.79 bits per heavy atom. The minimum Gasteiger partial charge on any atom is -0.352 e. The Labute approximate surface area is 172 Å². The van der Waals surface area contributed by atoms with E-state index in [2.05, 4.69) is 18.8 Å². The highest BCUT2D eigenvalue weighted by atomic mass is 35.5. The Balaban J connectivity index is 2.14. The average Bonchev–Trinajstić information content (AvgIpc) is 2.68. The number of amides is 1. The maximum atomic E-state index is 12.9. The zero-order valence-electron chi connectivity index (χ0n) is 15.9. The van der Waals surface area contributed by atoms with Crippen LogP contribution < -0.4 is 5.32 Å². The summed E-state index contributed by atoms with van der Waals surface area (Å²) in [6.45, 7) is 6.71. The second-order valence-electron chi connectivity index (χ2n) is 6.35. The number of carbonyl (C=O) groups excluding carboxylic acids is 1. The van der Waals surface area contributed by atoms with E-state index in [0.717, 1.165) is 18.4 Å². The van der Waals surface area contributed by atoms with Crippen molar-refractivity contribution in [3.05, 3.63) is 77.3 Å². The van der Waals surface area contributed by atoms with E-state index in [1.54, 1.807) is 42.5 Å². The fourth-order valence-electron chi connectivity index (χ4n) is 2.59. The topological polar surface area (TPSA) is 66.5 Å². The lowest BCUT2D eigenvalue weighted by Crippen LogP contribution is -2.31. The van der Waals surface area contributed by atoms with Crippen molar-refractivity contribution in [2.75, 3.05) is 13.1 Å². The van der Waals surface area contributed by atoms with Gasteiger partial charge in [-0.1, -0.05) is 43.2 Å². The summed E-state index contributed by atoms with van der Waals surface area (Å²) < 4.78 is 27.2. The molecule has 1 N–H and O–H groups in total. The Morgan fingerprint density at radius 3 is 2.36 bits per heavy atom. The second kappa shape index (κ2) is 10.4. The third-order valence-corrected chi connectivity index (χ3v) is 6.25. The second-order valence-corrected chi connectivity index (χ2v) is 8.72. The van der Waals surface area contributed by atoms with Crippen LogP contribution in [0, 0.1) is 0 Å². The molecule has 0 aliphatic carbocycles. The van der Waals surface area contributed by atoms with Gasteiger partial charge >= 0.3 is 0 Å². The van der Waals surface area contributed by atoms with Gasteiger partial charge in [0, 0.05) is 30.2 Å². The van der Waals surface area contributed by atoms with Crippen LogP contribution in [0.1, 0.15) is 35.7 Å². The molecule has 0 aliphatic heterocycles. The quantitative estimate of drug-likeness (QED) is 0.461. The molecule has 0 unspecified atom stereocenters. The molecule has 0 saturated heterocycles. The molecule has 0 aromatic heterocycles. The van der Waals surface area contributed by atoms with Gasteiger partial charge in [-0.3, -0.25) is 4.79 Å². The van der Waals surface area contributed by atoms with Crippen molar-refractivity contribution in [2.45, 2.75) is 31.2 Å². The number of hydrogen-bond donors (Lipinski definition) is 1. The summed E-state index contributed by atoms with van der Waals surface area (Å²) in [7, 11) is -3.70. The number of nitrogens with one attached hydrogen (secondary N) is 1. The van der Waals surface area contributed by atoms with Crippen molar-refractivity contribution >= 4 is 27.5 Å². The van der Waals surface area contributed by atoms with Crippen LogP contribution in [0.2, 0.25) is 5.02 Å². The van der Waals surface area contributed by atoms with Crippen molar-refractivity contribution in [1.29, 1.82) is 0 Å². The van der Waals surface area contributed by atoms with Crippen LogP contribution in [0.4, 0.5) is 0 Å². The first-order valence-electron chi connectivity index (χ1n) is 9.12. The Hall–Kier alpha value is -2.15. The van der Waals surface area contributed by atoms with E-state index in [9.17, 15) is 13.2 Å². The molecule has 2 rings (SSSR count). The van der Waals surface area contributed by atoms with Gasteiger partial charge in [-0.25, -0.2) is 8.42 Å². The van der Waals surface area contributed by atoms with Gasteiger partial charge in [0.15, 0.2) is 0 Å². The van der Waals surface area contributed by atoms with Crippen LogP contribution in [0.15, 0.2) is 66.1 Å². The van der Waals surface area contributed by atoms with E-state index in [0.29, 0.717) is 17.1 Å². The highest BCUT2D eigenvalue weighted by Gasteiger charge is 2.23. The lowest BCUT2D eigenvalue weighted by molar-refractivity contribution is 0.0953. The lowest BCUT2D eigenvalue weighted by Gasteiger charge is -2.21. The zero-order valence-corrected chi connectivity index (χ0v) is 17.5. The number of unbranched alkanes of at least 4 members (excludes halogenated alkanes) is 1. The van der Waals surface area contributed by atoms with Gasteiger partial charge in [0.05, 0.1) is 4.90 Å². The molecule has 0 aliphatic rings. The highest BCUT2D eigenvalue weighted by Crippen LogP contribution is 2.20. The molecular formula is C21H25ClN2O3S. The lowest BCUT2D eigenvalue weighted by atomic mass is 10.1. The summed E-state index contributed by atoms with van der Waals surface area (Å²) in [4.78, 5) is 12.3. The molecule has 0 bridgehead atoms. The molecule has 5 nitrogen and oxygen atoms in total. The van der Waals surface area contributed by atoms with E-state index in [1.165, 1.54) is 16.4 Å². The fourth-order valence-corrected chi connectivity index (χ4v) is 4.12. The minimum atomic E-state index is -3.70. The molecule has 1 amide bonds. The number of halogens is 1. The summed E-state index contributed by atoms with van der Waals surface area (Å²) >= 11 is 5.86. The molecule has 7 heteroatoms. The number of sulfonamides is 1. The number of benzene rings is 2. The van der Waals surface area contributed by atoms with E-state index in [4.69, 9.17) is 11.6 Å². The largest absolute Gasteiger partial charge is 0.352 e. The summed E-state index contributed by atoms with van der Waals surface area (Å²) in [5.41, 5.74) is 1.33. The van der Waals surface area contributed by atoms with Crippen LogP contribution in [0.3, 0.4) is 0 Å². The van der Waals surface area contributed by atoms with Gasteiger partial charge in [0.1, 0.15) is 0 Å². The van der Waals surface area contributed by atoms with Crippen LogP contribution in [-0.4, -0.2) is 31.7 Å². The fraction of sp³-hybridized carbons (Fsp3) is 0.286. The Bertz CT molecular complexity index is 894. The number of carbonyl (C=O) groups is 1. The van der Waals surface area contributed by atoms with Crippen LogP contribution in [0.25, 0.3) is 0 Å². The normalized spacial score (nSPS) is 11.4. The van der Waals surface area contributed by atoms with Crippen LogP contribution >= 0.6 is 11.6 Å². The molecule has 0 fully saturated rings. The van der Waals surface area contributed by atoms with Crippen molar-refractivity contribution in [1.82, 2.24) is 9.62 Å². The number of nitrogens with zero attached hydrogens (tertiary/aromatic N) is 1. The van der Waals surface area contributed by atoms with Crippen LogP contribution in [-0.2, 0) is 16.6 Å². The average molecular weight is 421 g/mol. The van der Waals surface area contributed by atoms with Crippen molar-refractivity contribution in [3.8, 4) is 0 Å². The molecule has 0 saturated carbocycles. The van der Waals surface area contributed by atoms with Crippen molar-refractivity contribution in [3.63, 3.8) is 0 Å². The predicted molar refractivity (Wildman–Crippen MR) is 113 cm³/mol. The molecule has 2 aromatic rings. The van der Waals surface area contributed by atoms with Crippen LogP contribution in [0.5, 0.6) is 0 Å². The highest BCUT2D eigenvalue weighted by molar-refractivity contribution is 7.89. The first-order chi connectivity index (χ1) is 13.4. The van der Waals surface area contributed by atoms with Crippen molar-refractivity contribution < 1.29 is 13.2 Å². The van der Waals surface area contributed by atoms with Gasteiger partial charge in [0.2, 0.25) is 10.0 Å². The van der Waals surface area contributed by atoms with Gasteiger partial charge in [-0.05, 0) is 48.4 Å². The first-order valence-corrected chi connectivity index (χ1v) is 10.9. The third kappa shape index (κ3) is 5.92. The number of hydrogen-bond acceptors (Lipinski definition) is 3. The maximum absolute atomic E-state index is 12.9. The summed E-state index contributed by atoms with van der Waals surface area (Å²) in [5, 5.41) is 3.34. The zero-order chi connectivity index (χ0) is 20.6. The summed E-state index contributed by atoms with van der Waals surface area (Å²) in [5.74, 6) is -0.128. The summed E-state index contributed by atoms with van der Waals surface area (Å²) in [6.07, 6.45) is 3.49. The monoisotopic (exact) mass is 420 g/mol. The predicted octanol–water partition coefficient (Wildman–Crippen LogP) is 4.25. The SMILES string of the molecule is C=CCN(Cc1ccc(C(=O)NCCCC)cc1)S(=O)(=O)c1ccc(Cl)cc1. The van der Waals surface area contributed by atoms with Gasteiger partial charge in [-0.15, -0.1) is 6.58 Å². The molecule has 150 valence electrons. The minimum absolute atomic E-state index is 0.128. The van der Waals surface area contributed by atoms with E-state index >= 15 is 0 Å². The molecule has 0 radical (unpaired) electrons. The van der Waals surface area contributed by atoms with Gasteiger partial charge in [-0.2, -0.15) is 4.31 Å². The molecule has 28 heavy (non-hydrogen) atoms. The Morgan fingerprint density at radius 1 is 1.14 bits per heavy atom. The first kappa shape index (κ1) is 22.1. The van der Waals surface area contributed by atoms with E-state index < -0.39 is 10.0 Å². The Kier molecular flexibility index (Phi) is 8.23. The maximum Gasteiger partial charge on any atom is 0.251 e. The standard InChI is InChI=1S/C21H25ClN2O3S/c1-3-5-14-23-21(25)18-8-6-17(7-9-18)16-24(15-4-2)28(26,27)20-12-10-19(22)11-13-20/h4,6-13H,2-3,5,14-16H2,1H3,(H,23,25). The molecule has 2 aromatic carbocycles. The molecule has 0 heterocycles. The molecule has 0 atom stereocenters. The van der Waals surface area contributed by atoms with Gasteiger partial charge < -0.3 is 5.32 Å². The van der Waals surface area contributed by atoms with Gasteiger partial charge in [0.25, 0.3) is 5.91 Å². The van der Waals surface area contributed by atoms with E-state index in [1.807, 2.05) is 0 Å². The summed E-state index contributed by atoms with van der Waals surface area (Å²) in [6, 6.07) is 13.0. The van der Waals surface area contributed by atoms with Crippen molar-refractivity contribution in [2.24, 2.45) is 0 Å². The van der Waals surface area contributed by atoms with E-state index in [-0.39, 0.29) is 23.9 Å². The smallest absolute Gasteiger partial charge is 0.251 e.